The summed E-state index contributed by atoms with van der Waals surface area (Å²) in [5.41, 5.74) is 5.29. The number of aliphatic hydroxyl groups excluding tert-OH is 8. The molecule has 0 saturated heterocycles. The zero-order chi connectivity index (χ0) is 62.6. The molecule has 11 N–H and O–H groups in total. The first-order valence-corrected chi connectivity index (χ1v) is 27.5. The number of nitrogens with two attached hydrogens (primary N) is 1. The van der Waals surface area contributed by atoms with Crippen LogP contribution in [0, 0.1) is 0 Å². The van der Waals surface area contributed by atoms with Crippen LogP contribution in [0.4, 0.5) is 0 Å². The summed E-state index contributed by atoms with van der Waals surface area (Å²) in [6.07, 6.45) is -8.50. The van der Waals surface area contributed by atoms with Crippen molar-refractivity contribution in [2.45, 2.75) is 157 Å². The van der Waals surface area contributed by atoms with E-state index in [0.717, 1.165) is 44.1 Å². The van der Waals surface area contributed by atoms with Gasteiger partial charge >= 0.3 is 0 Å². The fraction of sp³-hybridized carbons (Fsp3) is 0.808. The maximum atomic E-state index is 14.3. The van der Waals surface area contributed by atoms with Gasteiger partial charge in [0.1, 0.15) is 6.54 Å². The van der Waals surface area contributed by atoms with Crippen LogP contribution in [0.5, 0.6) is 0 Å². The summed E-state index contributed by atoms with van der Waals surface area (Å²) < 4.78 is 0. The van der Waals surface area contributed by atoms with E-state index in [1.165, 1.54) is 55.4 Å². The third-order valence-electron chi connectivity index (χ3n) is 12.3. The highest BCUT2D eigenvalue weighted by Gasteiger charge is 2.34. The number of hydrogen-bond acceptors (Lipinski definition) is 19. The standard InChI is InChI=1S/C52H97N11O18/c1-13-33(3)54-15-44(73)56(17-36(6)65)25-46(75)58(19-38(8)67)27-47(76)59(20-39(9)68)28-48(77)60(21-40(10)69)29-50(79)62(23-42(12)71)31-52(81)63(34(4)14-2)32-51(80)61(22-41(11)70)30-49(78)57(18-37(7)66)26-45(74)55(16-35(5)64)24-43(53)72/h33-42,54,64-71H,13-32H2,1-12H3,(H2,53,72). The highest BCUT2D eigenvalue weighted by atomic mass is 16.3. The van der Waals surface area contributed by atoms with Crippen molar-refractivity contribution in [3.8, 4) is 0 Å². The van der Waals surface area contributed by atoms with Crippen molar-refractivity contribution in [1.82, 2.24) is 49.4 Å². The van der Waals surface area contributed by atoms with E-state index in [0.29, 0.717) is 6.42 Å². The second kappa shape index (κ2) is 38.2. The summed E-state index contributed by atoms with van der Waals surface area (Å²) in [6, 6.07) is -0.742. The molecule has 29 nitrogen and oxygen atoms in total. The monoisotopic (exact) mass is 1160 g/mol. The molecule has 81 heavy (non-hydrogen) atoms. The van der Waals surface area contributed by atoms with Crippen LogP contribution in [0.15, 0.2) is 0 Å². The van der Waals surface area contributed by atoms with Crippen LogP contribution in [0.1, 0.15) is 95.9 Å². The van der Waals surface area contributed by atoms with Gasteiger partial charge in [-0.25, -0.2) is 0 Å². The normalized spacial score (nSPS) is 15.0. The number of aliphatic hydroxyl groups is 8. The van der Waals surface area contributed by atoms with E-state index in [1.54, 1.807) is 13.8 Å². The van der Waals surface area contributed by atoms with Crippen molar-refractivity contribution in [2.24, 2.45) is 5.73 Å². The van der Waals surface area contributed by atoms with Crippen LogP contribution >= 0.6 is 0 Å². The number of nitrogens with one attached hydrogen (secondary N) is 1. The van der Waals surface area contributed by atoms with Gasteiger partial charge in [0.2, 0.25) is 59.1 Å². The fourth-order valence-electron chi connectivity index (χ4n) is 8.08. The summed E-state index contributed by atoms with van der Waals surface area (Å²) in [5, 5.41) is 85.6. The Morgan fingerprint density at radius 2 is 0.531 bits per heavy atom. The Hall–Kier alpha value is -5.66. The Balaban J connectivity index is 6.83. The van der Waals surface area contributed by atoms with Gasteiger partial charge in [-0.05, 0) is 82.1 Å². The number of nitrogens with zero attached hydrogens (tertiary/aromatic N) is 9. The first-order chi connectivity index (χ1) is 37.5. The van der Waals surface area contributed by atoms with Gasteiger partial charge in [0.25, 0.3) is 0 Å². The lowest BCUT2D eigenvalue weighted by Gasteiger charge is -2.35. The first kappa shape index (κ1) is 75.3. The molecule has 0 aliphatic rings. The summed E-state index contributed by atoms with van der Waals surface area (Å²) in [4.78, 5) is 145. The van der Waals surface area contributed by atoms with Gasteiger partial charge in [0, 0.05) is 64.4 Å². The topological polar surface area (TPSA) is 400 Å². The van der Waals surface area contributed by atoms with Crippen molar-refractivity contribution >= 4 is 59.1 Å². The second-order valence-corrected chi connectivity index (χ2v) is 21.4. The maximum Gasteiger partial charge on any atom is 0.242 e. The Kier molecular flexibility index (Phi) is 35.5. The SMILES string of the molecule is CCC(C)NCC(=O)N(CC(=O)N(CC(=O)N(CC(=O)N(CC(=O)N(CC(=O)N(CC(=O)N(CC(=O)N(CC(=O)N(CC(N)=O)CC(C)O)CC(C)O)CC(C)O)C(C)CC)CC(C)O)CC(C)O)CC(C)O)CC(C)O)CC(C)O. The van der Waals surface area contributed by atoms with Crippen LogP contribution in [-0.4, -0.2) is 323 Å². The highest BCUT2D eigenvalue weighted by Crippen LogP contribution is 2.12. The third-order valence-corrected chi connectivity index (χ3v) is 12.3. The molecule has 0 bridgehead atoms. The quantitative estimate of drug-likeness (QED) is 0.0273. The minimum absolute atomic E-state index is 0.0369. The van der Waals surface area contributed by atoms with Gasteiger partial charge in [-0.3, -0.25) is 47.9 Å². The molecule has 0 spiro atoms. The Morgan fingerprint density at radius 1 is 0.321 bits per heavy atom. The molecule has 10 unspecified atom stereocenters. The van der Waals surface area contributed by atoms with Crippen molar-refractivity contribution in [3.05, 3.63) is 0 Å². The minimum Gasteiger partial charge on any atom is -0.392 e. The maximum absolute atomic E-state index is 14.3. The molecule has 29 heteroatoms. The molecule has 0 aromatic rings. The molecule has 0 aromatic carbocycles. The third kappa shape index (κ3) is 31.4. The Bertz CT molecular complexity index is 2010. The van der Waals surface area contributed by atoms with Crippen molar-refractivity contribution in [3.63, 3.8) is 0 Å². The van der Waals surface area contributed by atoms with Crippen molar-refractivity contribution < 1.29 is 88.8 Å². The van der Waals surface area contributed by atoms with E-state index in [4.69, 9.17) is 5.73 Å². The molecule has 10 atom stereocenters. The molecule has 0 rings (SSSR count). The van der Waals surface area contributed by atoms with Crippen LogP contribution in [0.25, 0.3) is 0 Å². The van der Waals surface area contributed by atoms with Crippen molar-refractivity contribution in [2.75, 3.05) is 118 Å². The van der Waals surface area contributed by atoms with E-state index in [2.05, 4.69) is 5.32 Å². The number of hydrogen-bond donors (Lipinski definition) is 10. The number of carbonyl (C=O) groups excluding carboxylic acids is 10. The van der Waals surface area contributed by atoms with E-state index >= 15 is 0 Å². The molecule has 0 fully saturated rings. The fourth-order valence-corrected chi connectivity index (χ4v) is 8.08. The summed E-state index contributed by atoms with van der Waals surface area (Å²) in [7, 11) is 0. The number of primary amides is 1. The lowest BCUT2D eigenvalue weighted by atomic mass is 10.2. The van der Waals surface area contributed by atoms with E-state index in [-0.39, 0.29) is 32.1 Å². The summed E-state index contributed by atoms with van der Waals surface area (Å²) in [6.45, 7) is 7.88. The zero-order valence-electron chi connectivity index (χ0n) is 49.7. The minimum atomic E-state index is -1.27. The molecule has 0 aliphatic heterocycles. The van der Waals surface area contributed by atoms with Gasteiger partial charge < -0.3 is 96.0 Å². The predicted octanol–water partition coefficient (Wildman–Crippen LogP) is -5.84. The van der Waals surface area contributed by atoms with Gasteiger partial charge in [0.05, 0.1) is 108 Å². The smallest absolute Gasteiger partial charge is 0.242 e. The second-order valence-electron chi connectivity index (χ2n) is 21.4. The number of rotatable bonds is 40. The lowest BCUT2D eigenvalue weighted by molar-refractivity contribution is -0.151. The molecule has 468 valence electrons. The van der Waals surface area contributed by atoms with Gasteiger partial charge in [-0.2, -0.15) is 0 Å². The molecular weight excluding hydrogens is 1070 g/mol. The Morgan fingerprint density at radius 3 is 0.741 bits per heavy atom. The van der Waals surface area contributed by atoms with Gasteiger partial charge in [0.15, 0.2) is 0 Å². The summed E-state index contributed by atoms with van der Waals surface area (Å²) >= 11 is 0. The van der Waals surface area contributed by atoms with Crippen LogP contribution in [0.2, 0.25) is 0 Å². The van der Waals surface area contributed by atoms with Crippen molar-refractivity contribution in [1.29, 1.82) is 0 Å². The predicted molar refractivity (Wildman–Crippen MR) is 295 cm³/mol. The lowest BCUT2D eigenvalue weighted by Crippen LogP contribution is -2.55. The Labute approximate surface area is 476 Å². The van der Waals surface area contributed by atoms with Gasteiger partial charge in [-0.1, -0.05) is 13.8 Å². The largest absolute Gasteiger partial charge is 0.392 e. The number of carbonyl (C=O) groups is 10. The zero-order valence-corrected chi connectivity index (χ0v) is 49.7. The number of amides is 10. The van der Waals surface area contributed by atoms with E-state index in [1.807, 2.05) is 13.8 Å². The first-order valence-electron chi connectivity index (χ1n) is 27.5. The molecule has 0 radical (unpaired) electrons. The molecule has 0 aromatic heterocycles. The molecule has 0 aliphatic carbocycles. The van der Waals surface area contributed by atoms with Crippen LogP contribution < -0.4 is 11.1 Å². The van der Waals surface area contributed by atoms with Gasteiger partial charge in [-0.15, -0.1) is 0 Å². The van der Waals surface area contributed by atoms with Crippen LogP contribution in [0.3, 0.4) is 0 Å². The average molecular weight is 1160 g/mol. The van der Waals surface area contributed by atoms with Crippen LogP contribution in [-0.2, 0) is 47.9 Å². The van der Waals surface area contributed by atoms with E-state index < -0.39 is 212 Å². The molecule has 0 heterocycles. The highest BCUT2D eigenvalue weighted by molar-refractivity contribution is 5.94. The van der Waals surface area contributed by atoms with E-state index in [9.17, 15) is 88.8 Å². The average Bonchev–Trinajstić information content (AvgIpc) is 3.33. The summed E-state index contributed by atoms with van der Waals surface area (Å²) in [5.74, 6) is -8.34. The molecule has 0 saturated carbocycles. The molecule has 10 amide bonds. The molecular formula is C52H97N11O18.